The molecule has 3 rings (SSSR count). The third-order valence-electron chi connectivity index (χ3n) is 4.39. The average molecular weight is 309 g/mol. The predicted molar refractivity (Wildman–Crippen MR) is 81.5 cm³/mol. The van der Waals surface area contributed by atoms with Crippen LogP contribution in [0.1, 0.15) is 51.2 Å². The van der Waals surface area contributed by atoms with Gasteiger partial charge in [0, 0.05) is 26.1 Å². The van der Waals surface area contributed by atoms with Crippen molar-refractivity contribution in [3.05, 3.63) is 11.7 Å². The molecule has 0 aromatic carbocycles. The molecule has 0 bridgehead atoms. The molecular weight excluding hydrogens is 282 g/mol. The van der Waals surface area contributed by atoms with Crippen LogP contribution in [0.5, 0.6) is 0 Å². The molecule has 2 saturated heterocycles. The van der Waals surface area contributed by atoms with Crippen LogP contribution in [0.4, 0.5) is 0 Å². The fraction of sp³-hybridized carbons (Fsp3) is 0.875. The summed E-state index contributed by atoms with van der Waals surface area (Å²) < 4.78 is 17.3. The van der Waals surface area contributed by atoms with Gasteiger partial charge in [-0.1, -0.05) is 18.5 Å². The molecule has 1 spiro atoms. The Bertz CT molecular complexity index is 471. The summed E-state index contributed by atoms with van der Waals surface area (Å²) in [6.07, 6.45) is 5.50. The van der Waals surface area contributed by atoms with Crippen LogP contribution in [0.3, 0.4) is 0 Å². The van der Waals surface area contributed by atoms with Crippen molar-refractivity contribution in [2.24, 2.45) is 0 Å². The first-order valence-corrected chi connectivity index (χ1v) is 8.48. The van der Waals surface area contributed by atoms with Gasteiger partial charge in [0.2, 0.25) is 5.89 Å². The Hall–Kier alpha value is -0.980. The minimum Gasteiger partial charge on any atom is -0.378 e. The van der Waals surface area contributed by atoms with Crippen molar-refractivity contribution < 1.29 is 14.0 Å². The van der Waals surface area contributed by atoms with Crippen molar-refractivity contribution >= 4 is 0 Å². The van der Waals surface area contributed by atoms with Gasteiger partial charge >= 0.3 is 0 Å². The van der Waals surface area contributed by atoms with E-state index in [9.17, 15) is 0 Å². The van der Waals surface area contributed by atoms with Crippen LogP contribution in [-0.4, -0.2) is 53.0 Å². The lowest BCUT2D eigenvalue weighted by molar-refractivity contribution is -0.198. The summed E-state index contributed by atoms with van der Waals surface area (Å²) in [5, 5.41) is 4.07. The molecule has 2 atom stereocenters. The van der Waals surface area contributed by atoms with E-state index in [4.69, 9.17) is 14.0 Å². The van der Waals surface area contributed by atoms with Crippen molar-refractivity contribution in [3.63, 3.8) is 0 Å². The third kappa shape index (κ3) is 3.86. The van der Waals surface area contributed by atoms with Gasteiger partial charge in [-0.2, -0.15) is 4.98 Å². The van der Waals surface area contributed by atoms with Gasteiger partial charge in [0.25, 0.3) is 0 Å². The molecule has 2 unspecified atom stereocenters. The lowest BCUT2D eigenvalue weighted by Crippen LogP contribution is -2.58. The number of hydrogen-bond acceptors (Lipinski definition) is 6. The SMILES string of the molecule is CCCCc1noc(CN2CC(C)OC3(CCCOC3)C2)n1. The Morgan fingerprint density at radius 2 is 2.32 bits per heavy atom. The Labute approximate surface area is 132 Å². The van der Waals surface area contributed by atoms with Gasteiger partial charge < -0.3 is 14.0 Å². The first kappa shape index (κ1) is 15.9. The number of aryl methyl sites for hydroxylation is 1. The molecule has 1 aromatic heterocycles. The minimum atomic E-state index is -0.152. The molecule has 0 aliphatic carbocycles. The molecule has 3 heterocycles. The summed E-state index contributed by atoms with van der Waals surface area (Å²) in [4.78, 5) is 6.87. The topological polar surface area (TPSA) is 60.6 Å². The molecule has 0 amide bonds. The van der Waals surface area contributed by atoms with Gasteiger partial charge in [-0.3, -0.25) is 4.90 Å². The molecule has 2 fully saturated rings. The highest BCUT2D eigenvalue weighted by atomic mass is 16.6. The summed E-state index contributed by atoms with van der Waals surface area (Å²) in [6, 6.07) is 0. The summed E-state index contributed by atoms with van der Waals surface area (Å²) in [7, 11) is 0. The molecule has 1 aromatic rings. The lowest BCUT2D eigenvalue weighted by Gasteiger charge is -2.46. The minimum absolute atomic E-state index is 0.152. The van der Waals surface area contributed by atoms with Crippen LogP contribution in [0.25, 0.3) is 0 Å². The number of morpholine rings is 1. The highest BCUT2D eigenvalue weighted by Gasteiger charge is 2.41. The van der Waals surface area contributed by atoms with Gasteiger partial charge in [0.1, 0.15) is 5.60 Å². The van der Waals surface area contributed by atoms with Gasteiger partial charge in [-0.05, 0) is 26.2 Å². The van der Waals surface area contributed by atoms with Crippen LogP contribution in [0, 0.1) is 0 Å². The van der Waals surface area contributed by atoms with Gasteiger partial charge in [-0.25, -0.2) is 0 Å². The maximum Gasteiger partial charge on any atom is 0.240 e. The number of nitrogens with zero attached hydrogens (tertiary/aromatic N) is 3. The van der Waals surface area contributed by atoms with Crippen LogP contribution in [-0.2, 0) is 22.4 Å². The highest BCUT2D eigenvalue weighted by Crippen LogP contribution is 2.30. The largest absolute Gasteiger partial charge is 0.378 e. The van der Waals surface area contributed by atoms with E-state index in [1.807, 2.05) is 0 Å². The van der Waals surface area contributed by atoms with E-state index in [1.165, 1.54) is 0 Å². The number of unbranched alkanes of at least 4 members (excludes halogenated alkanes) is 1. The normalized spacial score (nSPS) is 30.0. The molecule has 22 heavy (non-hydrogen) atoms. The fourth-order valence-corrected chi connectivity index (χ4v) is 3.48. The van der Waals surface area contributed by atoms with E-state index in [0.717, 1.165) is 57.6 Å². The molecule has 0 radical (unpaired) electrons. The second-order valence-corrected chi connectivity index (χ2v) is 6.65. The second-order valence-electron chi connectivity index (χ2n) is 6.65. The molecule has 2 aliphatic heterocycles. The van der Waals surface area contributed by atoms with Crippen molar-refractivity contribution in [1.29, 1.82) is 0 Å². The van der Waals surface area contributed by atoms with E-state index in [1.54, 1.807) is 0 Å². The molecular formula is C16H27N3O3. The highest BCUT2D eigenvalue weighted by molar-refractivity contribution is 4.94. The van der Waals surface area contributed by atoms with E-state index >= 15 is 0 Å². The summed E-state index contributed by atoms with van der Waals surface area (Å²) >= 11 is 0. The van der Waals surface area contributed by atoms with E-state index in [2.05, 4.69) is 28.9 Å². The molecule has 6 nitrogen and oxygen atoms in total. The molecule has 0 N–H and O–H groups in total. The zero-order valence-corrected chi connectivity index (χ0v) is 13.7. The zero-order chi connectivity index (χ0) is 15.4. The molecule has 2 aliphatic rings. The lowest BCUT2D eigenvalue weighted by atomic mass is 9.93. The Balaban J connectivity index is 1.60. The number of ether oxygens (including phenoxy) is 2. The Morgan fingerprint density at radius 3 is 3.09 bits per heavy atom. The third-order valence-corrected chi connectivity index (χ3v) is 4.39. The van der Waals surface area contributed by atoms with Crippen LogP contribution in [0.2, 0.25) is 0 Å². The van der Waals surface area contributed by atoms with Crippen molar-refractivity contribution in [3.8, 4) is 0 Å². The van der Waals surface area contributed by atoms with Crippen molar-refractivity contribution in [2.75, 3.05) is 26.3 Å². The first-order chi connectivity index (χ1) is 10.7. The predicted octanol–water partition coefficient (Wildman–Crippen LogP) is 2.18. The smallest absolute Gasteiger partial charge is 0.240 e. The molecule has 124 valence electrons. The monoisotopic (exact) mass is 309 g/mol. The maximum absolute atomic E-state index is 6.21. The van der Waals surface area contributed by atoms with E-state index in [-0.39, 0.29) is 11.7 Å². The number of rotatable bonds is 5. The average Bonchev–Trinajstić information content (AvgIpc) is 2.92. The van der Waals surface area contributed by atoms with Gasteiger partial charge in [0.15, 0.2) is 5.82 Å². The summed E-state index contributed by atoms with van der Waals surface area (Å²) in [5.41, 5.74) is -0.152. The fourth-order valence-electron chi connectivity index (χ4n) is 3.48. The van der Waals surface area contributed by atoms with Crippen LogP contribution >= 0.6 is 0 Å². The standard InChI is InChI=1S/C16H27N3O3/c1-3-4-6-14-17-15(22-18-14)10-19-9-13(2)21-16(11-19)7-5-8-20-12-16/h13H,3-12H2,1-2H3. The van der Waals surface area contributed by atoms with E-state index < -0.39 is 0 Å². The summed E-state index contributed by atoms with van der Waals surface area (Å²) in [6.45, 7) is 8.32. The van der Waals surface area contributed by atoms with Crippen LogP contribution < -0.4 is 0 Å². The maximum atomic E-state index is 6.21. The Morgan fingerprint density at radius 1 is 1.41 bits per heavy atom. The van der Waals surface area contributed by atoms with Crippen molar-refractivity contribution in [2.45, 2.75) is 64.2 Å². The first-order valence-electron chi connectivity index (χ1n) is 8.48. The second kappa shape index (κ2) is 7.06. The van der Waals surface area contributed by atoms with Gasteiger partial charge in [0.05, 0.1) is 19.3 Å². The molecule has 6 heteroatoms. The van der Waals surface area contributed by atoms with Crippen LogP contribution in [0.15, 0.2) is 4.52 Å². The zero-order valence-electron chi connectivity index (χ0n) is 13.7. The summed E-state index contributed by atoms with van der Waals surface area (Å²) in [5.74, 6) is 1.54. The van der Waals surface area contributed by atoms with Crippen molar-refractivity contribution in [1.82, 2.24) is 15.0 Å². The molecule has 0 saturated carbocycles. The van der Waals surface area contributed by atoms with E-state index in [0.29, 0.717) is 19.0 Å². The number of hydrogen-bond donors (Lipinski definition) is 0. The number of aromatic nitrogens is 2. The Kier molecular flexibility index (Phi) is 5.10. The van der Waals surface area contributed by atoms with Gasteiger partial charge in [-0.15, -0.1) is 0 Å². The quantitative estimate of drug-likeness (QED) is 0.831.